The molecule has 1 amide bonds. The number of nitrogens with zero attached hydrogens (tertiary/aromatic N) is 7. The van der Waals surface area contributed by atoms with Crippen LogP contribution in [0.25, 0.3) is 0 Å². The van der Waals surface area contributed by atoms with Crippen molar-refractivity contribution in [2.45, 2.75) is 57.7 Å². The number of hydrogen-bond acceptors (Lipinski definition) is 7. The number of alkyl halides is 2. The van der Waals surface area contributed by atoms with Crippen molar-refractivity contribution in [3.8, 4) is 0 Å². The zero-order chi connectivity index (χ0) is 23.5. The van der Waals surface area contributed by atoms with Crippen molar-refractivity contribution in [3.63, 3.8) is 0 Å². The van der Waals surface area contributed by atoms with Gasteiger partial charge in [0.1, 0.15) is 18.1 Å². The first-order chi connectivity index (χ1) is 15.9. The van der Waals surface area contributed by atoms with E-state index in [0.29, 0.717) is 12.4 Å². The third-order valence-corrected chi connectivity index (χ3v) is 6.14. The average molecular weight is 461 g/mol. The van der Waals surface area contributed by atoms with Gasteiger partial charge in [0.2, 0.25) is 0 Å². The Bertz CT molecular complexity index is 985. The molecular formula is C22H30F2N8O. The molecule has 2 fully saturated rings. The predicted molar refractivity (Wildman–Crippen MR) is 122 cm³/mol. The van der Waals surface area contributed by atoms with Crippen molar-refractivity contribution in [1.29, 1.82) is 0 Å². The highest BCUT2D eigenvalue weighted by molar-refractivity contribution is 5.99. The van der Waals surface area contributed by atoms with Crippen LogP contribution in [0.2, 0.25) is 0 Å². The van der Waals surface area contributed by atoms with E-state index in [4.69, 9.17) is 10.7 Å². The van der Waals surface area contributed by atoms with Gasteiger partial charge in [-0.3, -0.25) is 9.48 Å². The first-order valence-corrected chi connectivity index (χ1v) is 11.2. The minimum absolute atomic E-state index is 0.125. The van der Waals surface area contributed by atoms with Gasteiger partial charge in [0.15, 0.2) is 5.82 Å². The molecule has 2 saturated heterocycles. The van der Waals surface area contributed by atoms with E-state index in [-0.39, 0.29) is 23.7 Å². The molecule has 0 bridgehead atoms. The lowest BCUT2D eigenvalue weighted by atomic mass is 10.0. The number of aliphatic imine (C=N–C) groups is 1. The van der Waals surface area contributed by atoms with Gasteiger partial charge in [-0.05, 0) is 44.7 Å². The molecule has 1 unspecified atom stereocenters. The van der Waals surface area contributed by atoms with E-state index in [1.807, 2.05) is 19.2 Å². The second-order valence-corrected chi connectivity index (χ2v) is 8.63. The highest BCUT2D eigenvalue weighted by Gasteiger charge is 2.31. The molecule has 0 aliphatic carbocycles. The van der Waals surface area contributed by atoms with Crippen molar-refractivity contribution in [2.24, 2.45) is 15.8 Å². The number of carbonyl (C=O) groups is 1. The molecular weight excluding hydrogens is 430 g/mol. The first kappa shape index (κ1) is 23.1. The maximum atomic E-state index is 13.2. The van der Waals surface area contributed by atoms with Crippen molar-refractivity contribution in [1.82, 2.24) is 24.6 Å². The summed E-state index contributed by atoms with van der Waals surface area (Å²) in [6.45, 7) is 7.24. The van der Waals surface area contributed by atoms with Crippen LogP contribution >= 0.6 is 0 Å². The van der Waals surface area contributed by atoms with Crippen molar-refractivity contribution in [2.75, 3.05) is 19.6 Å². The Morgan fingerprint density at radius 3 is 2.88 bits per heavy atom. The number of amides is 1. The van der Waals surface area contributed by atoms with Crippen molar-refractivity contribution < 1.29 is 13.6 Å². The van der Waals surface area contributed by atoms with E-state index in [1.54, 1.807) is 9.91 Å². The smallest absolute Gasteiger partial charge is 0.274 e. The van der Waals surface area contributed by atoms with Crippen LogP contribution in [0.5, 0.6) is 0 Å². The number of halogens is 2. The molecule has 4 heterocycles. The van der Waals surface area contributed by atoms with Gasteiger partial charge in [-0.1, -0.05) is 0 Å². The molecule has 0 spiro atoms. The van der Waals surface area contributed by atoms with Gasteiger partial charge < -0.3 is 15.5 Å². The van der Waals surface area contributed by atoms with Crippen LogP contribution in [0, 0.1) is 0 Å². The number of hydrogen-bond donors (Lipinski definition) is 1. The Labute approximate surface area is 191 Å². The van der Waals surface area contributed by atoms with Gasteiger partial charge in [0.05, 0.1) is 6.04 Å². The molecule has 3 aliphatic rings. The summed E-state index contributed by atoms with van der Waals surface area (Å²) in [5.74, 6) is 1.17. The molecule has 0 radical (unpaired) electrons. The standard InChI is InChI=1S/C22H30F2N8O/c1-15-12-32(26-2)20(27-21(15)29-9-6-16(25)13-29)11-17-5-3-4-8-31(17)22(33)18-7-10-30(28-18)14-19(23)24/h7,10-12,16-17,19H,2-6,8-9,13-14,25H2,1H3/b20-11-/t16-,17?/m0/s1. The average Bonchev–Trinajstić information content (AvgIpc) is 3.43. The van der Waals surface area contributed by atoms with Crippen LogP contribution in [-0.2, 0) is 6.54 Å². The van der Waals surface area contributed by atoms with Crippen LogP contribution in [0.4, 0.5) is 8.78 Å². The fourth-order valence-corrected chi connectivity index (χ4v) is 4.50. The lowest BCUT2D eigenvalue weighted by Gasteiger charge is -2.35. The highest BCUT2D eigenvalue weighted by atomic mass is 19.3. The molecule has 2 atom stereocenters. The third-order valence-electron chi connectivity index (χ3n) is 6.14. The fraction of sp³-hybridized carbons (Fsp3) is 0.545. The Morgan fingerprint density at radius 1 is 1.36 bits per heavy atom. The van der Waals surface area contributed by atoms with Gasteiger partial charge in [0.25, 0.3) is 12.3 Å². The summed E-state index contributed by atoms with van der Waals surface area (Å²) in [6.07, 6.45) is 6.20. The van der Waals surface area contributed by atoms with E-state index >= 15 is 0 Å². The molecule has 178 valence electrons. The third kappa shape index (κ3) is 5.13. The summed E-state index contributed by atoms with van der Waals surface area (Å²) in [5, 5.41) is 9.74. The number of rotatable bonds is 5. The molecule has 0 saturated carbocycles. The predicted octanol–water partition coefficient (Wildman–Crippen LogP) is 2.25. The summed E-state index contributed by atoms with van der Waals surface area (Å²) in [7, 11) is 0. The lowest BCUT2D eigenvalue weighted by Crippen LogP contribution is -2.43. The number of hydrazone groups is 1. The first-order valence-electron chi connectivity index (χ1n) is 11.2. The minimum Gasteiger partial charge on any atom is -0.355 e. The topological polar surface area (TPSA) is 95.4 Å². The van der Waals surface area contributed by atoms with Crippen LogP contribution in [0.3, 0.4) is 0 Å². The minimum atomic E-state index is -2.53. The van der Waals surface area contributed by atoms with Gasteiger partial charge >= 0.3 is 0 Å². The van der Waals surface area contributed by atoms with Crippen LogP contribution in [0.15, 0.2) is 46.0 Å². The maximum Gasteiger partial charge on any atom is 0.274 e. The zero-order valence-electron chi connectivity index (χ0n) is 18.8. The molecule has 1 aromatic heterocycles. The van der Waals surface area contributed by atoms with Crippen molar-refractivity contribution in [3.05, 3.63) is 41.6 Å². The molecule has 4 rings (SSSR count). The molecule has 0 aromatic carbocycles. The summed E-state index contributed by atoms with van der Waals surface area (Å²) < 4.78 is 26.4. The Hall–Kier alpha value is -3.08. The number of nitrogens with two attached hydrogens (primary N) is 1. The van der Waals surface area contributed by atoms with Gasteiger partial charge in [-0.15, -0.1) is 0 Å². The molecule has 3 aliphatic heterocycles. The number of aromatic nitrogens is 2. The van der Waals surface area contributed by atoms with E-state index in [2.05, 4.69) is 21.8 Å². The number of carbonyl (C=O) groups excluding carboxylic acids is 1. The normalized spacial score (nSPS) is 25.0. The van der Waals surface area contributed by atoms with E-state index in [9.17, 15) is 13.6 Å². The molecule has 2 N–H and O–H groups in total. The second kappa shape index (κ2) is 9.82. The SMILES string of the molecule is C=NN1C=C(C)C(N2CC[C@H](N)C2)=N/C1=C/C1CCCCN1C(=O)c1ccn(CC(F)F)n1. The Kier molecular flexibility index (Phi) is 6.87. The largest absolute Gasteiger partial charge is 0.355 e. The second-order valence-electron chi connectivity index (χ2n) is 8.63. The monoisotopic (exact) mass is 460 g/mol. The summed E-state index contributed by atoms with van der Waals surface area (Å²) in [4.78, 5) is 21.9. The van der Waals surface area contributed by atoms with Crippen LogP contribution in [0.1, 0.15) is 43.1 Å². The fourth-order valence-electron chi connectivity index (χ4n) is 4.50. The maximum absolute atomic E-state index is 13.2. The summed E-state index contributed by atoms with van der Waals surface area (Å²) >= 11 is 0. The summed E-state index contributed by atoms with van der Waals surface area (Å²) in [6, 6.07) is 1.39. The van der Waals surface area contributed by atoms with Crippen LogP contribution in [-0.4, -0.2) is 81.2 Å². The molecule has 9 nitrogen and oxygen atoms in total. The van der Waals surface area contributed by atoms with Crippen molar-refractivity contribution >= 4 is 18.5 Å². The number of piperidine rings is 1. The lowest BCUT2D eigenvalue weighted by molar-refractivity contribution is 0.0652. The van der Waals surface area contributed by atoms with Crippen LogP contribution < -0.4 is 5.73 Å². The molecule has 11 heteroatoms. The van der Waals surface area contributed by atoms with E-state index < -0.39 is 13.0 Å². The quantitative estimate of drug-likeness (QED) is 0.680. The molecule has 1 aromatic rings. The van der Waals surface area contributed by atoms with E-state index in [1.165, 1.54) is 12.3 Å². The van der Waals surface area contributed by atoms with Gasteiger partial charge in [0, 0.05) is 50.4 Å². The summed E-state index contributed by atoms with van der Waals surface area (Å²) in [5.41, 5.74) is 7.22. The number of amidine groups is 1. The highest BCUT2D eigenvalue weighted by Crippen LogP contribution is 2.26. The molecule has 33 heavy (non-hydrogen) atoms. The Morgan fingerprint density at radius 2 is 2.18 bits per heavy atom. The van der Waals surface area contributed by atoms with E-state index in [0.717, 1.165) is 54.9 Å². The zero-order valence-corrected chi connectivity index (χ0v) is 18.8. The number of likely N-dealkylation sites (tertiary alicyclic amines) is 2. The van der Waals surface area contributed by atoms with Gasteiger partial charge in [-0.2, -0.15) is 10.2 Å². The Balaban J connectivity index is 1.59. The van der Waals surface area contributed by atoms with Gasteiger partial charge in [-0.25, -0.2) is 18.8 Å².